The molecule has 0 unspecified atom stereocenters. The van der Waals surface area contributed by atoms with E-state index in [2.05, 4.69) is 16.3 Å². The number of oxazole rings is 1. The van der Waals surface area contributed by atoms with Gasteiger partial charge in [-0.1, -0.05) is 54.6 Å². The van der Waals surface area contributed by atoms with Gasteiger partial charge in [-0.25, -0.2) is 4.98 Å². The van der Waals surface area contributed by atoms with Crippen LogP contribution in [0.3, 0.4) is 0 Å². The zero-order chi connectivity index (χ0) is 22.8. The molecule has 1 saturated heterocycles. The number of piperidine rings is 1. The van der Waals surface area contributed by atoms with E-state index in [0.29, 0.717) is 0 Å². The number of anilines is 1. The van der Waals surface area contributed by atoms with Crippen molar-refractivity contribution in [3.05, 3.63) is 95.4 Å². The molecule has 33 heavy (non-hydrogen) atoms. The van der Waals surface area contributed by atoms with Gasteiger partial charge in [-0.15, -0.1) is 0 Å². The van der Waals surface area contributed by atoms with Gasteiger partial charge in [0.05, 0.1) is 0 Å². The molecular formula is C28H29N3O2. The van der Waals surface area contributed by atoms with Gasteiger partial charge in [-0.2, -0.15) is 0 Å². The number of fused-ring (bicyclic) bond motifs is 1. The van der Waals surface area contributed by atoms with Gasteiger partial charge in [-0.3, -0.25) is 9.69 Å². The van der Waals surface area contributed by atoms with Gasteiger partial charge in [0.1, 0.15) is 11.6 Å². The number of amides is 1. The van der Waals surface area contributed by atoms with Crippen molar-refractivity contribution in [1.82, 2.24) is 9.88 Å². The third-order valence-corrected chi connectivity index (χ3v) is 6.57. The summed E-state index contributed by atoms with van der Waals surface area (Å²) in [6.45, 7) is 5.69. The first kappa shape index (κ1) is 21.4. The molecule has 0 aliphatic carbocycles. The van der Waals surface area contributed by atoms with Crippen LogP contribution in [0.4, 0.5) is 5.69 Å². The molecule has 1 atom stereocenters. The van der Waals surface area contributed by atoms with Crippen molar-refractivity contribution in [1.29, 1.82) is 0 Å². The number of benzene rings is 3. The van der Waals surface area contributed by atoms with Gasteiger partial charge in [0.25, 0.3) is 0 Å². The van der Waals surface area contributed by atoms with E-state index >= 15 is 0 Å². The van der Waals surface area contributed by atoms with Crippen LogP contribution in [0.15, 0.2) is 77.2 Å². The number of likely N-dealkylation sites (tertiary alicyclic amines) is 1. The maximum absolute atomic E-state index is 13.6. The molecule has 3 aromatic carbocycles. The number of hydrogen-bond donors (Lipinski definition) is 1. The smallest absolute Gasteiger partial charge is 0.246 e. The number of hydrogen-bond acceptors (Lipinski definition) is 4. The molecular weight excluding hydrogens is 410 g/mol. The van der Waals surface area contributed by atoms with Gasteiger partial charge in [0.15, 0.2) is 11.5 Å². The molecule has 0 radical (unpaired) electrons. The zero-order valence-electron chi connectivity index (χ0n) is 19.1. The molecule has 0 bridgehead atoms. The summed E-state index contributed by atoms with van der Waals surface area (Å²) in [5.41, 5.74) is 5.83. The number of carbonyl (C=O) groups excluding carboxylic acids is 1. The van der Waals surface area contributed by atoms with Crippen LogP contribution in [0.5, 0.6) is 0 Å². The fraction of sp³-hybridized carbons (Fsp3) is 0.286. The monoisotopic (exact) mass is 439 g/mol. The second-order valence-corrected chi connectivity index (χ2v) is 8.95. The lowest BCUT2D eigenvalue weighted by Gasteiger charge is -2.36. The maximum Gasteiger partial charge on any atom is 0.246 e. The largest absolute Gasteiger partial charge is 0.440 e. The number of aryl methyl sites for hydroxylation is 2. The molecule has 4 aromatic rings. The highest BCUT2D eigenvalue weighted by atomic mass is 16.3. The molecule has 1 N–H and O–H groups in total. The van der Waals surface area contributed by atoms with E-state index in [1.807, 2.05) is 80.6 Å². The van der Waals surface area contributed by atoms with Crippen LogP contribution in [-0.4, -0.2) is 28.9 Å². The fourth-order valence-corrected chi connectivity index (χ4v) is 4.70. The molecule has 5 heteroatoms. The first-order valence-electron chi connectivity index (χ1n) is 11.6. The number of para-hydroxylation sites is 2. The highest BCUT2D eigenvalue weighted by Crippen LogP contribution is 2.34. The molecule has 168 valence electrons. The Balaban J connectivity index is 1.35. The summed E-state index contributed by atoms with van der Waals surface area (Å²) in [5, 5.41) is 3.20. The third-order valence-electron chi connectivity index (χ3n) is 6.57. The molecule has 1 fully saturated rings. The van der Waals surface area contributed by atoms with Crippen molar-refractivity contribution in [2.75, 3.05) is 18.4 Å². The van der Waals surface area contributed by atoms with E-state index in [0.717, 1.165) is 65.3 Å². The Kier molecular flexibility index (Phi) is 5.97. The average molecular weight is 440 g/mol. The second-order valence-electron chi connectivity index (χ2n) is 8.95. The minimum Gasteiger partial charge on any atom is -0.440 e. The van der Waals surface area contributed by atoms with E-state index in [4.69, 9.17) is 9.40 Å². The normalized spacial score (nSPS) is 16.1. The zero-order valence-corrected chi connectivity index (χ0v) is 19.1. The standard InChI is InChI=1S/C28H29N3O2/c1-19-12-13-20(2)24(18-19)29-27(32)26(21-8-4-3-5-9-21)31-16-14-22(15-17-31)28-30-23-10-6-7-11-25(23)33-28/h3-13,18,22,26H,14-17H2,1-2H3,(H,29,32)/t26-/m1/s1. The van der Waals surface area contributed by atoms with Crippen LogP contribution in [0.2, 0.25) is 0 Å². The summed E-state index contributed by atoms with van der Waals surface area (Å²) in [6, 6.07) is 23.8. The Hall–Kier alpha value is -3.44. The van der Waals surface area contributed by atoms with Crippen molar-refractivity contribution < 1.29 is 9.21 Å². The van der Waals surface area contributed by atoms with Gasteiger partial charge in [0, 0.05) is 11.6 Å². The lowest BCUT2D eigenvalue weighted by molar-refractivity contribution is -0.122. The fourth-order valence-electron chi connectivity index (χ4n) is 4.70. The first-order valence-corrected chi connectivity index (χ1v) is 11.6. The van der Waals surface area contributed by atoms with Crippen LogP contribution in [0.1, 0.15) is 47.4 Å². The topological polar surface area (TPSA) is 58.4 Å². The Labute approximate surface area is 194 Å². The Bertz CT molecular complexity index is 1220. The SMILES string of the molecule is Cc1ccc(C)c(NC(=O)[C@@H](c2ccccc2)N2CCC(c3nc4ccccc4o3)CC2)c1. The summed E-state index contributed by atoms with van der Waals surface area (Å²) < 4.78 is 6.03. The highest BCUT2D eigenvalue weighted by molar-refractivity contribution is 5.96. The van der Waals surface area contributed by atoms with E-state index in [1.165, 1.54) is 0 Å². The van der Waals surface area contributed by atoms with Gasteiger partial charge < -0.3 is 9.73 Å². The third kappa shape index (κ3) is 4.55. The second kappa shape index (κ2) is 9.20. The number of nitrogens with zero attached hydrogens (tertiary/aromatic N) is 2. The number of aromatic nitrogens is 1. The summed E-state index contributed by atoms with van der Waals surface area (Å²) >= 11 is 0. The molecule has 1 amide bonds. The molecule has 0 saturated carbocycles. The van der Waals surface area contributed by atoms with Gasteiger partial charge in [-0.05, 0) is 74.7 Å². The van der Waals surface area contributed by atoms with Crippen LogP contribution in [0.25, 0.3) is 11.1 Å². The predicted molar refractivity (Wildman–Crippen MR) is 131 cm³/mol. The molecule has 1 aliphatic heterocycles. The van der Waals surface area contributed by atoms with Gasteiger partial charge in [0.2, 0.25) is 5.91 Å². The van der Waals surface area contributed by atoms with Crippen LogP contribution in [0, 0.1) is 13.8 Å². The summed E-state index contributed by atoms with van der Waals surface area (Å²) in [4.78, 5) is 20.6. The molecule has 1 aromatic heterocycles. The Morgan fingerprint density at radius 3 is 2.48 bits per heavy atom. The lowest BCUT2D eigenvalue weighted by atomic mass is 9.93. The lowest BCUT2D eigenvalue weighted by Crippen LogP contribution is -2.41. The molecule has 5 nitrogen and oxygen atoms in total. The van der Waals surface area contributed by atoms with Crippen LogP contribution < -0.4 is 5.32 Å². The van der Waals surface area contributed by atoms with Crippen molar-refractivity contribution in [2.24, 2.45) is 0 Å². The van der Waals surface area contributed by atoms with Crippen molar-refractivity contribution in [3.63, 3.8) is 0 Å². The van der Waals surface area contributed by atoms with E-state index in [1.54, 1.807) is 0 Å². The van der Waals surface area contributed by atoms with Crippen molar-refractivity contribution in [3.8, 4) is 0 Å². The summed E-state index contributed by atoms with van der Waals surface area (Å²) in [5.74, 6) is 1.09. The average Bonchev–Trinajstić information content (AvgIpc) is 3.27. The van der Waals surface area contributed by atoms with Crippen molar-refractivity contribution >= 4 is 22.7 Å². The molecule has 2 heterocycles. The first-order chi connectivity index (χ1) is 16.1. The quantitative estimate of drug-likeness (QED) is 0.414. The van der Waals surface area contributed by atoms with Crippen LogP contribution in [-0.2, 0) is 4.79 Å². The molecule has 5 rings (SSSR count). The van der Waals surface area contributed by atoms with E-state index in [-0.39, 0.29) is 17.9 Å². The molecule has 0 spiro atoms. The van der Waals surface area contributed by atoms with E-state index in [9.17, 15) is 4.79 Å². The number of carbonyl (C=O) groups is 1. The van der Waals surface area contributed by atoms with Crippen molar-refractivity contribution in [2.45, 2.75) is 38.6 Å². The minimum atomic E-state index is -0.337. The minimum absolute atomic E-state index is 0.00946. The summed E-state index contributed by atoms with van der Waals surface area (Å²) in [7, 11) is 0. The summed E-state index contributed by atoms with van der Waals surface area (Å²) in [6.07, 6.45) is 1.82. The van der Waals surface area contributed by atoms with Crippen LogP contribution >= 0.6 is 0 Å². The highest BCUT2D eigenvalue weighted by Gasteiger charge is 2.33. The number of rotatable bonds is 5. The van der Waals surface area contributed by atoms with Gasteiger partial charge >= 0.3 is 0 Å². The predicted octanol–water partition coefficient (Wildman–Crippen LogP) is 6.00. The Morgan fingerprint density at radius 1 is 1.00 bits per heavy atom. The van der Waals surface area contributed by atoms with E-state index < -0.39 is 0 Å². The number of nitrogens with one attached hydrogen (secondary N) is 1. The molecule has 1 aliphatic rings. The Morgan fingerprint density at radius 2 is 1.73 bits per heavy atom. The maximum atomic E-state index is 13.6.